The second kappa shape index (κ2) is 8.91. The van der Waals surface area contributed by atoms with Gasteiger partial charge in [-0.05, 0) is 35.7 Å². The van der Waals surface area contributed by atoms with Gasteiger partial charge in [0.2, 0.25) is 0 Å². The summed E-state index contributed by atoms with van der Waals surface area (Å²) in [5.41, 5.74) is 2.38. The minimum Gasteiger partial charge on any atom is -0.297 e. The third-order valence-electron chi connectivity index (χ3n) is 4.59. The van der Waals surface area contributed by atoms with Crippen LogP contribution in [-0.2, 0) is 6.54 Å². The SMILES string of the molecule is [2H]C1([2H])N(Cc2cccc(C)c2)C([2H])([2H])C([2H])([2H])N(C(c2ccccc2)c2ccc(Cl)cc2)C1([2H])[2H]. The Morgan fingerprint density at radius 2 is 1.54 bits per heavy atom. The van der Waals surface area contributed by atoms with E-state index in [-0.39, 0.29) is 6.54 Å². The van der Waals surface area contributed by atoms with Crippen molar-refractivity contribution in [2.45, 2.75) is 19.5 Å². The third kappa shape index (κ3) is 4.64. The van der Waals surface area contributed by atoms with Crippen molar-refractivity contribution in [3.63, 3.8) is 0 Å². The van der Waals surface area contributed by atoms with Crippen molar-refractivity contribution in [2.75, 3.05) is 26.0 Å². The zero-order valence-electron chi connectivity index (χ0n) is 23.6. The number of hydrogen-bond donors (Lipinski definition) is 0. The predicted octanol–water partition coefficient (Wildman–Crippen LogP) is 5.56. The molecule has 1 heterocycles. The van der Waals surface area contributed by atoms with Crippen LogP contribution in [0.4, 0.5) is 0 Å². The van der Waals surface area contributed by atoms with E-state index in [1.54, 1.807) is 72.8 Å². The lowest BCUT2D eigenvalue weighted by atomic mass is 9.96. The Balaban J connectivity index is 1.91. The highest BCUT2D eigenvalue weighted by molar-refractivity contribution is 6.30. The van der Waals surface area contributed by atoms with E-state index in [0.29, 0.717) is 31.5 Å². The highest BCUT2D eigenvalue weighted by Gasteiger charge is 2.26. The van der Waals surface area contributed by atoms with Gasteiger partial charge in [0.25, 0.3) is 0 Å². The summed E-state index contributed by atoms with van der Waals surface area (Å²) in [4.78, 5) is 1.36. The molecule has 0 amide bonds. The molecule has 0 saturated carbocycles. The van der Waals surface area contributed by atoms with Gasteiger partial charge >= 0.3 is 0 Å². The smallest absolute Gasteiger partial charge is 0.0602 e. The molecule has 1 unspecified atom stereocenters. The first-order chi connectivity index (χ1) is 16.7. The molecule has 1 fully saturated rings. The normalized spacial score (nSPS) is 28.2. The van der Waals surface area contributed by atoms with Crippen LogP contribution in [0, 0.1) is 6.92 Å². The standard InChI is InChI=1S/C25H27ClN2/c1-20-6-5-7-21(18-20)19-27-14-16-28(17-15-27)25(22-8-3-2-4-9-22)23-10-12-24(26)13-11-23/h2-13,18,25H,14-17,19H2,1H3/i14D2,15D2,16D2,17D2. The maximum absolute atomic E-state index is 8.97. The number of benzene rings is 3. The molecule has 1 aliphatic rings. The maximum Gasteiger partial charge on any atom is 0.0602 e. The molecule has 3 aromatic rings. The second-order valence-electron chi connectivity index (χ2n) is 6.76. The van der Waals surface area contributed by atoms with E-state index >= 15 is 0 Å². The fraction of sp³-hybridized carbons (Fsp3) is 0.280. The Morgan fingerprint density at radius 1 is 0.857 bits per heavy atom. The third-order valence-corrected chi connectivity index (χ3v) is 4.85. The van der Waals surface area contributed by atoms with Gasteiger partial charge in [-0.15, -0.1) is 0 Å². The molecule has 3 aromatic carbocycles. The summed E-state index contributed by atoms with van der Waals surface area (Å²) < 4.78 is 71.3. The van der Waals surface area contributed by atoms with E-state index in [1.807, 2.05) is 13.0 Å². The Kier molecular flexibility index (Phi) is 3.75. The van der Waals surface area contributed by atoms with Gasteiger partial charge in [0.05, 0.1) is 6.04 Å². The molecule has 3 heteroatoms. The van der Waals surface area contributed by atoms with E-state index in [2.05, 4.69) is 0 Å². The van der Waals surface area contributed by atoms with Crippen molar-refractivity contribution < 1.29 is 11.0 Å². The average Bonchev–Trinajstić information content (AvgIpc) is 2.81. The van der Waals surface area contributed by atoms with Gasteiger partial charge in [0, 0.05) is 48.5 Å². The highest BCUT2D eigenvalue weighted by atomic mass is 35.5. The van der Waals surface area contributed by atoms with Crippen molar-refractivity contribution in [3.05, 3.63) is 106 Å². The summed E-state index contributed by atoms with van der Waals surface area (Å²) in [6, 6.07) is 20.9. The summed E-state index contributed by atoms with van der Waals surface area (Å²) in [7, 11) is 0. The molecule has 2 nitrogen and oxygen atoms in total. The number of piperazine rings is 1. The minimum absolute atomic E-state index is 0.314. The van der Waals surface area contributed by atoms with Gasteiger partial charge in [0.1, 0.15) is 0 Å². The number of rotatable bonds is 5. The quantitative estimate of drug-likeness (QED) is 0.555. The molecule has 0 bridgehead atoms. The van der Waals surface area contributed by atoms with Gasteiger partial charge in [0.15, 0.2) is 0 Å². The van der Waals surface area contributed by atoms with Crippen LogP contribution in [0.2, 0.25) is 5.02 Å². The van der Waals surface area contributed by atoms with Gasteiger partial charge in [-0.1, -0.05) is 83.9 Å². The van der Waals surface area contributed by atoms with Crippen molar-refractivity contribution >= 4 is 11.6 Å². The lowest BCUT2D eigenvalue weighted by molar-refractivity contribution is 0.105. The number of halogens is 1. The molecular formula is C25H27ClN2. The lowest BCUT2D eigenvalue weighted by Gasteiger charge is -2.40. The molecule has 4 rings (SSSR count). The number of nitrogens with zero attached hydrogens (tertiary/aromatic N) is 2. The molecule has 0 radical (unpaired) electrons. The lowest BCUT2D eigenvalue weighted by Crippen LogP contribution is -2.47. The molecule has 144 valence electrons. The predicted molar refractivity (Wildman–Crippen MR) is 118 cm³/mol. The van der Waals surface area contributed by atoms with Crippen molar-refractivity contribution in [2.24, 2.45) is 0 Å². The van der Waals surface area contributed by atoms with Crippen LogP contribution in [0.15, 0.2) is 78.9 Å². The zero-order chi connectivity index (χ0) is 26.5. The Morgan fingerprint density at radius 3 is 2.21 bits per heavy atom. The topological polar surface area (TPSA) is 6.48 Å². The molecule has 0 N–H and O–H groups in total. The van der Waals surface area contributed by atoms with Gasteiger partial charge < -0.3 is 0 Å². The van der Waals surface area contributed by atoms with Crippen molar-refractivity contribution in [1.29, 1.82) is 0 Å². The van der Waals surface area contributed by atoms with E-state index in [9.17, 15) is 0 Å². The minimum atomic E-state index is -2.95. The van der Waals surface area contributed by atoms with Gasteiger partial charge in [-0.3, -0.25) is 9.80 Å². The molecule has 28 heavy (non-hydrogen) atoms. The molecule has 1 atom stereocenters. The van der Waals surface area contributed by atoms with E-state index in [4.69, 9.17) is 22.6 Å². The Hall–Kier alpha value is -2.13. The number of hydrogen-bond acceptors (Lipinski definition) is 2. The summed E-state index contributed by atoms with van der Waals surface area (Å²) >= 11 is 6.07. The molecular weight excluding hydrogens is 364 g/mol. The largest absolute Gasteiger partial charge is 0.297 e. The summed E-state index contributed by atoms with van der Waals surface area (Å²) in [6.45, 7) is -10.2. The molecule has 1 aliphatic heterocycles. The highest BCUT2D eigenvalue weighted by Crippen LogP contribution is 2.30. The van der Waals surface area contributed by atoms with Crippen molar-refractivity contribution in [1.82, 2.24) is 9.80 Å². The zero-order valence-corrected chi connectivity index (χ0v) is 16.3. The fourth-order valence-electron chi connectivity index (χ4n) is 3.26. The van der Waals surface area contributed by atoms with E-state index in [1.165, 1.54) is 0 Å². The Labute approximate surface area is 184 Å². The van der Waals surface area contributed by atoms with Crippen molar-refractivity contribution in [3.8, 4) is 0 Å². The van der Waals surface area contributed by atoms with Crippen LogP contribution in [0.1, 0.15) is 39.3 Å². The summed E-state index contributed by atoms with van der Waals surface area (Å²) in [5.74, 6) is 0. The van der Waals surface area contributed by atoms with Crippen LogP contribution in [0.5, 0.6) is 0 Å². The molecule has 0 spiro atoms. The van der Waals surface area contributed by atoms with Gasteiger partial charge in [-0.2, -0.15) is 0 Å². The van der Waals surface area contributed by atoms with E-state index in [0.717, 1.165) is 5.56 Å². The molecule has 0 aromatic heterocycles. The van der Waals surface area contributed by atoms with Crippen LogP contribution in [0.3, 0.4) is 0 Å². The average molecular weight is 399 g/mol. The van der Waals surface area contributed by atoms with Crippen LogP contribution in [0.25, 0.3) is 0 Å². The summed E-state index contributed by atoms with van der Waals surface area (Å²) in [6.07, 6.45) is 0. The fourth-order valence-corrected chi connectivity index (χ4v) is 3.38. The second-order valence-corrected chi connectivity index (χ2v) is 7.19. The first kappa shape index (κ1) is 11.8. The Bertz CT molecular complexity index is 1190. The maximum atomic E-state index is 8.97. The number of aryl methyl sites for hydroxylation is 1. The molecule has 1 saturated heterocycles. The molecule has 0 aliphatic carbocycles. The van der Waals surface area contributed by atoms with Gasteiger partial charge in [-0.25, -0.2) is 0 Å². The van der Waals surface area contributed by atoms with E-state index < -0.39 is 32.0 Å². The monoisotopic (exact) mass is 398 g/mol. The van der Waals surface area contributed by atoms with Crippen LogP contribution < -0.4 is 0 Å². The van der Waals surface area contributed by atoms with Crippen LogP contribution >= 0.6 is 11.6 Å². The summed E-state index contributed by atoms with van der Waals surface area (Å²) in [5, 5.41) is 0.435. The first-order valence-electron chi connectivity index (χ1n) is 13.1. The first-order valence-corrected chi connectivity index (χ1v) is 9.52. The van der Waals surface area contributed by atoms with Crippen LogP contribution in [-0.4, -0.2) is 35.8 Å².